The monoisotopic (exact) mass is 954 g/mol. The summed E-state index contributed by atoms with van der Waals surface area (Å²) in [5.74, 6) is 1.93. The number of rotatable bonds is 6. The molecule has 4 aromatic rings. The van der Waals surface area contributed by atoms with E-state index in [-0.39, 0.29) is 21.7 Å². The molecule has 4 aromatic carbocycles. The van der Waals surface area contributed by atoms with Gasteiger partial charge in [-0.15, -0.1) is 0 Å². The number of nitrogens with zero attached hydrogens (tertiary/aromatic N) is 2. The zero-order valence-corrected chi connectivity index (χ0v) is 44.4. The van der Waals surface area contributed by atoms with E-state index >= 15 is 9.13 Å². The average molecular weight is 955 g/mol. The molecule has 6 aliphatic rings. The summed E-state index contributed by atoms with van der Waals surface area (Å²) in [7, 11) is -8.18. The van der Waals surface area contributed by atoms with Crippen LogP contribution in [0.15, 0.2) is 87.7 Å². The van der Waals surface area contributed by atoms with Gasteiger partial charge in [-0.3, -0.25) is 0 Å². The zero-order valence-electron chi connectivity index (χ0n) is 39.3. The van der Waals surface area contributed by atoms with Crippen LogP contribution in [0.5, 0.6) is 23.0 Å². The molecule has 336 valence electrons. The highest BCUT2D eigenvalue weighted by molar-refractivity contribution is 8.01. The third-order valence-electron chi connectivity index (χ3n) is 11.4. The molecule has 0 spiro atoms. The molecule has 0 saturated carbocycles. The van der Waals surface area contributed by atoms with E-state index in [2.05, 4.69) is 132 Å². The van der Waals surface area contributed by atoms with Crippen molar-refractivity contribution in [2.45, 2.75) is 172 Å². The van der Waals surface area contributed by atoms with Gasteiger partial charge >= 0.3 is 15.5 Å². The predicted molar refractivity (Wildman–Crippen MR) is 261 cm³/mol. The summed E-state index contributed by atoms with van der Waals surface area (Å²) in [6.45, 7) is 36.2. The second kappa shape index (κ2) is 16.9. The first kappa shape index (κ1) is 47.8. The normalized spacial score (nSPS) is 20.0. The van der Waals surface area contributed by atoms with Crippen LogP contribution in [-0.4, -0.2) is 35.5 Å². The third-order valence-corrected chi connectivity index (χ3v) is 19.8. The summed E-state index contributed by atoms with van der Waals surface area (Å²) in [5.41, 5.74) is 3.35. The Kier molecular flexibility index (Phi) is 13.1. The number of benzene rings is 4. The van der Waals surface area contributed by atoms with E-state index in [1.807, 2.05) is 27.7 Å². The smallest absolute Gasteiger partial charge is 0.402 e. The highest BCUT2D eigenvalue weighted by Crippen LogP contribution is 2.66. The Bertz CT molecular complexity index is 2190. The molecule has 10 rings (SSSR count). The number of hydrogen-bond acceptors (Lipinski definition) is 10. The SMILES string of the molecule is CCN(CC)P1(=O)Oc2c3cc(C(C)(C)C)cc2Sc2cc(C(C)(C)C)cc4c2OP(=O)(N(CC)CC)Oc2c(cc(C(C)(C)C)cc2Sc2cc(C(C)(C)C)cc(c2O1)S3)S4. The highest BCUT2D eigenvalue weighted by Gasteiger charge is 2.44. The van der Waals surface area contributed by atoms with Gasteiger partial charge in [-0.05, 0) is 92.4 Å². The Balaban J connectivity index is 1.73. The Morgan fingerprint density at radius 3 is 0.661 bits per heavy atom. The van der Waals surface area contributed by atoms with Gasteiger partial charge in [-0.1, -0.05) is 158 Å². The van der Waals surface area contributed by atoms with Gasteiger partial charge in [0.05, 0.1) is 39.2 Å². The first-order chi connectivity index (χ1) is 28.7. The minimum atomic E-state index is -4.09. The quantitative estimate of drug-likeness (QED) is 0.152. The van der Waals surface area contributed by atoms with Gasteiger partial charge in [-0.2, -0.15) is 9.34 Å². The van der Waals surface area contributed by atoms with Crippen LogP contribution in [0.2, 0.25) is 0 Å². The van der Waals surface area contributed by atoms with E-state index in [1.165, 1.54) is 23.5 Å². The zero-order chi connectivity index (χ0) is 45.5. The molecule has 0 atom stereocenters. The van der Waals surface area contributed by atoms with Gasteiger partial charge in [0, 0.05) is 26.2 Å². The Morgan fingerprint density at radius 1 is 0.371 bits per heavy atom. The molecule has 6 aliphatic heterocycles. The van der Waals surface area contributed by atoms with Crippen LogP contribution in [-0.2, 0) is 30.8 Å². The molecule has 8 nitrogen and oxygen atoms in total. The molecule has 0 fully saturated rings. The van der Waals surface area contributed by atoms with Gasteiger partial charge in [0.15, 0.2) is 23.0 Å². The average Bonchev–Trinajstić information content (AvgIpc) is 3.13. The van der Waals surface area contributed by atoms with Crippen LogP contribution in [0.3, 0.4) is 0 Å². The van der Waals surface area contributed by atoms with Crippen LogP contribution in [0, 0.1) is 0 Å². The maximum Gasteiger partial charge on any atom is 0.515 e. The van der Waals surface area contributed by atoms with Crippen LogP contribution >= 0.6 is 62.5 Å². The van der Waals surface area contributed by atoms with E-state index in [0.717, 1.165) is 61.4 Å². The summed E-state index contributed by atoms with van der Waals surface area (Å²) < 4.78 is 63.4. The topological polar surface area (TPSA) is 77.5 Å². The van der Waals surface area contributed by atoms with Gasteiger partial charge in [0.1, 0.15) is 0 Å². The number of hydrogen-bond donors (Lipinski definition) is 0. The molecule has 12 bridgehead atoms. The van der Waals surface area contributed by atoms with Crippen molar-refractivity contribution in [1.29, 1.82) is 0 Å². The van der Waals surface area contributed by atoms with Crippen molar-refractivity contribution in [2.75, 3.05) is 26.2 Å². The van der Waals surface area contributed by atoms with Gasteiger partial charge in [-0.25, -0.2) is 9.13 Å². The molecule has 0 aromatic heterocycles. The molecular formula is C48H64N2O6P2S4. The Labute approximate surface area is 388 Å². The maximum absolute atomic E-state index is 15.9. The molecule has 6 heterocycles. The van der Waals surface area contributed by atoms with Crippen molar-refractivity contribution in [3.63, 3.8) is 0 Å². The van der Waals surface area contributed by atoms with Crippen LogP contribution in [0.25, 0.3) is 0 Å². The van der Waals surface area contributed by atoms with E-state index in [1.54, 1.807) is 32.9 Å². The van der Waals surface area contributed by atoms with Crippen molar-refractivity contribution in [3.05, 3.63) is 70.8 Å². The molecule has 0 radical (unpaired) electrons. The van der Waals surface area contributed by atoms with Crippen molar-refractivity contribution >= 4 is 62.5 Å². The standard InChI is InChI=1S/C48H64N2O6P2S4/c1-17-49(18-2)57(51)53-41-33-21-29(45(5,6)7)25-37(41)61-39-27-31(47(11,12)13)23-35-43(39)55-58(52,50(19-3)20-4)56-44-36(60-35)24-32(48(14,15)16)28-40(44)62-38-26-30(46(8,9)10)22-34(59-33)42(38)54-57/h21-28H,17-20H2,1-16H3. The largest absolute Gasteiger partial charge is 0.515 e. The molecule has 0 aliphatic carbocycles. The Hall–Kier alpha value is -2.14. The first-order valence-electron chi connectivity index (χ1n) is 21.7. The van der Waals surface area contributed by atoms with Crippen molar-refractivity contribution in [1.82, 2.24) is 9.34 Å². The second-order valence-electron chi connectivity index (χ2n) is 20.2. The fourth-order valence-electron chi connectivity index (χ4n) is 7.35. The minimum absolute atomic E-state index is 0.255. The summed E-state index contributed by atoms with van der Waals surface area (Å²) in [4.78, 5) is 6.41. The van der Waals surface area contributed by atoms with E-state index < -0.39 is 15.5 Å². The van der Waals surface area contributed by atoms with E-state index in [9.17, 15) is 0 Å². The fraction of sp³-hybridized carbons (Fsp3) is 0.500. The van der Waals surface area contributed by atoms with Gasteiger partial charge < -0.3 is 18.1 Å². The molecular weight excluding hydrogens is 891 g/mol. The molecule has 62 heavy (non-hydrogen) atoms. The summed E-state index contributed by atoms with van der Waals surface area (Å²) in [6.07, 6.45) is 0. The Morgan fingerprint density at radius 2 is 0.532 bits per heavy atom. The lowest BCUT2D eigenvalue weighted by molar-refractivity contribution is 0.285. The van der Waals surface area contributed by atoms with Crippen molar-refractivity contribution in [3.8, 4) is 23.0 Å². The molecule has 14 heteroatoms. The highest BCUT2D eigenvalue weighted by atomic mass is 32.2. The molecule has 0 unspecified atom stereocenters. The first-order valence-corrected chi connectivity index (χ1v) is 27.9. The lowest BCUT2D eigenvalue weighted by Gasteiger charge is -2.36. The van der Waals surface area contributed by atoms with E-state index in [4.69, 9.17) is 18.1 Å². The van der Waals surface area contributed by atoms with Crippen LogP contribution in [0.4, 0.5) is 0 Å². The third kappa shape index (κ3) is 9.30. The minimum Gasteiger partial charge on any atom is -0.402 e. The van der Waals surface area contributed by atoms with E-state index in [0.29, 0.717) is 49.2 Å². The second-order valence-corrected chi connectivity index (χ2v) is 28.3. The summed E-state index contributed by atoms with van der Waals surface area (Å²) >= 11 is 6.15. The van der Waals surface area contributed by atoms with Crippen molar-refractivity contribution in [2.24, 2.45) is 0 Å². The van der Waals surface area contributed by atoms with Crippen LogP contribution < -0.4 is 18.1 Å². The van der Waals surface area contributed by atoms with Crippen molar-refractivity contribution < 1.29 is 27.2 Å². The lowest BCUT2D eigenvalue weighted by atomic mass is 9.87. The fourth-order valence-corrected chi connectivity index (χ4v) is 16.1. The van der Waals surface area contributed by atoms with Gasteiger partial charge in [0.2, 0.25) is 0 Å². The lowest BCUT2D eigenvalue weighted by Crippen LogP contribution is -2.27. The maximum atomic E-state index is 15.9. The predicted octanol–water partition coefficient (Wildman–Crippen LogP) is 16.2. The van der Waals surface area contributed by atoms with Gasteiger partial charge in [0.25, 0.3) is 0 Å². The van der Waals surface area contributed by atoms with Crippen LogP contribution in [0.1, 0.15) is 133 Å². The summed E-state index contributed by atoms with van der Waals surface area (Å²) in [6, 6.07) is 17.4. The molecule has 0 amide bonds. The molecule has 0 saturated heterocycles. The molecule has 0 N–H and O–H groups in total. The summed E-state index contributed by atoms with van der Waals surface area (Å²) in [5, 5.41) is 0.